The summed E-state index contributed by atoms with van der Waals surface area (Å²) >= 11 is 0. The van der Waals surface area contributed by atoms with Crippen molar-refractivity contribution in [1.82, 2.24) is 14.8 Å². The molecule has 2 aliphatic rings. The summed E-state index contributed by atoms with van der Waals surface area (Å²) in [5.41, 5.74) is 2.37. The van der Waals surface area contributed by atoms with Crippen LogP contribution in [-0.2, 0) is 41.4 Å². The van der Waals surface area contributed by atoms with Gasteiger partial charge in [-0.1, -0.05) is 150 Å². The zero-order chi connectivity index (χ0) is 31.4. The second kappa shape index (κ2) is 14.7. The topological polar surface area (TPSA) is 65.5 Å². The molecule has 238 valence electrons. The predicted molar refractivity (Wildman–Crippen MR) is 178 cm³/mol. The second-order valence-corrected chi connectivity index (χ2v) is 12.8. The Morgan fingerprint density at radius 3 is 1.13 bits per heavy atom. The van der Waals surface area contributed by atoms with Crippen molar-refractivity contribution in [2.45, 2.75) is 62.1 Å². The van der Waals surface area contributed by atoms with Gasteiger partial charge in [0, 0.05) is 25.2 Å². The maximum Gasteiger partial charge on any atom is 4.00 e. The fourth-order valence-electron chi connectivity index (χ4n) is 7.92. The first-order valence-electron chi connectivity index (χ1n) is 16.6. The molecule has 0 spiro atoms. The molecule has 0 unspecified atom stereocenters. The monoisotopic (exact) mass is 663 g/mol. The van der Waals surface area contributed by atoms with Gasteiger partial charge in [-0.15, -0.1) is 0 Å². The normalized spacial score (nSPS) is 19.0. The summed E-state index contributed by atoms with van der Waals surface area (Å²) in [4.78, 5) is 9.81. The molecule has 5 nitrogen and oxygen atoms in total. The Morgan fingerprint density at radius 1 is 0.489 bits per heavy atom. The van der Waals surface area contributed by atoms with Gasteiger partial charge in [-0.25, -0.2) is 0 Å². The Kier molecular flexibility index (Phi) is 10.4. The van der Waals surface area contributed by atoms with Crippen molar-refractivity contribution in [2.24, 2.45) is 0 Å². The van der Waals surface area contributed by atoms with Gasteiger partial charge in [-0.05, 0) is 62.1 Å². The van der Waals surface area contributed by atoms with Crippen molar-refractivity contribution in [2.75, 3.05) is 13.1 Å². The van der Waals surface area contributed by atoms with Gasteiger partial charge < -0.3 is 10.2 Å². The number of pyridine rings is 1. The Labute approximate surface area is 289 Å². The minimum Gasteiger partial charge on any atom is -0.841 e. The minimum absolute atomic E-state index is 0. The molecule has 0 N–H and O–H groups in total. The number of hydrogen-bond donors (Lipinski definition) is 0. The first-order valence-corrected chi connectivity index (χ1v) is 16.6. The second-order valence-electron chi connectivity index (χ2n) is 12.8. The molecule has 4 aromatic carbocycles. The van der Waals surface area contributed by atoms with E-state index in [1.165, 1.54) is 0 Å². The standard InChI is InChI=1S/C41H41N3O2.Fe/c45-40(32-16-5-1-6-17-32,33-18-7-2-8-19-33)38-26-14-28-43(38)30-36-24-13-25-37(42-36)31-44-29-15-27-39(44)41(46,34-20-9-3-10-21-34)35-22-11-4-12-23-35;/h1-13,16-25,38-39H,14-15,26-31H2;/q-2;+4/t38-,39-;/m0./s1. The van der Waals surface area contributed by atoms with Crippen LogP contribution in [0.4, 0.5) is 0 Å². The summed E-state index contributed by atoms with van der Waals surface area (Å²) in [6.07, 6.45) is 3.64. The molecule has 2 aliphatic heterocycles. The van der Waals surface area contributed by atoms with Crippen molar-refractivity contribution in [3.63, 3.8) is 0 Å². The van der Waals surface area contributed by atoms with Gasteiger partial charge in [0.2, 0.25) is 0 Å². The smallest absolute Gasteiger partial charge is 0.841 e. The summed E-state index contributed by atoms with van der Waals surface area (Å²) in [5, 5.41) is 30.1. The van der Waals surface area contributed by atoms with E-state index in [0.717, 1.165) is 72.4 Å². The molecule has 47 heavy (non-hydrogen) atoms. The largest absolute Gasteiger partial charge is 4.00 e. The molecular formula is C41H41FeN3O2+2. The van der Waals surface area contributed by atoms with E-state index < -0.39 is 11.2 Å². The molecule has 0 bridgehead atoms. The number of aromatic nitrogens is 1. The van der Waals surface area contributed by atoms with Gasteiger partial charge in [0.1, 0.15) is 0 Å². The van der Waals surface area contributed by atoms with Crippen LogP contribution >= 0.6 is 0 Å². The fourth-order valence-corrected chi connectivity index (χ4v) is 7.92. The molecule has 7 rings (SSSR count). The zero-order valence-electron chi connectivity index (χ0n) is 26.6. The van der Waals surface area contributed by atoms with Crippen molar-refractivity contribution < 1.29 is 27.3 Å². The van der Waals surface area contributed by atoms with E-state index in [2.05, 4.69) is 28.0 Å². The van der Waals surface area contributed by atoms with Crippen LogP contribution in [0.3, 0.4) is 0 Å². The van der Waals surface area contributed by atoms with Crippen molar-refractivity contribution in [3.8, 4) is 0 Å². The summed E-state index contributed by atoms with van der Waals surface area (Å²) in [7, 11) is 0. The van der Waals surface area contributed by atoms with Gasteiger partial charge in [0.05, 0.1) is 11.4 Å². The van der Waals surface area contributed by atoms with Crippen LogP contribution in [0.25, 0.3) is 0 Å². The quantitative estimate of drug-likeness (QED) is 0.182. The van der Waals surface area contributed by atoms with Crippen LogP contribution in [0, 0.1) is 0 Å². The Morgan fingerprint density at radius 2 is 0.809 bits per heavy atom. The van der Waals surface area contributed by atoms with Crippen LogP contribution in [0.5, 0.6) is 0 Å². The van der Waals surface area contributed by atoms with Crippen LogP contribution < -0.4 is 10.2 Å². The SMILES string of the molecule is [Fe+4].[O-]C(c1ccccc1)(c1ccccc1)[C@@H]1CCCN1Cc1cccc(CN2CCC[C@H]2C([O-])(c2ccccc2)c2ccccc2)n1. The maximum atomic E-state index is 15.1. The first-order chi connectivity index (χ1) is 22.6. The number of hydrogen-bond acceptors (Lipinski definition) is 5. The van der Waals surface area contributed by atoms with E-state index in [-0.39, 0.29) is 29.2 Å². The van der Waals surface area contributed by atoms with E-state index in [1.807, 2.05) is 121 Å². The molecule has 0 radical (unpaired) electrons. The Bertz CT molecular complexity index is 1500. The molecule has 0 amide bonds. The van der Waals surface area contributed by atoms with Crippen LogP contribution in [0.1, 0.15) is 59.3 Å². The van der Waals surface area contributed by atoms with Crippen LogP contribution in [0.15, 0.2) is 140 Å². The van der Waals surface area contributed by atoms with E-state index in [9.17, 15) is 0 Å². The minimum atomic E-state index is -1.38. The van der Waals surface area contributed by atoms with Crippen LogP contribution in [0.2, 0.25) is 0 Å². The van der Waals surface area contributed by atoms with Crippen molar-refractivity contribution in [1.29, 1.82) is 0 Å². The molecule has 6 heteroatoms. The summed E-state index contributed by atoms with van der Waals surface area (Å²) < 4.78 is 0. The average Bonchev–Trinajstić information content (AvgIpc) is 3.79. The third-order valence-corrected chi connectivity index (χ3v) is 10.1. The van der Waals surface area contributed by atoms with Crippen molar-refractivity contribution in [3.05, 3.63) is 173 Å². The summed E-state index contributed by atoms with van der Waals surface area (Å²) in [6.45, 7) is 2.96. The summed E-state index contributed by atoms with van der Waals surface area (Å²) in [6, 6.07) is 45.2. The molecule has 0 aliphatic carbocycles. The molecular weight excluding hydrogens is 622 g/mol. The number of rotatable bonds is 10. The van der Waals surface area contributed by atoms with E-state index in [1.54, 1.807) is 0 Å². The first kappa shape index (κ1) is 33.3. The molecule has 3 heterocycles. The number of benzene rings is 4. The Balaban J connectivity index is 0.00000386. The third-order valence-electron chi connectivity index (χ3n) is 10.1. The van der Waals surface area contributed by atoms with Gasteiger partial charge >= 0.3 is 17.1 Å². The molecule has 2 fully saturated rings. The van der Waals surface area contributed by atoms with E-state index in [4.69, 9.17) is 4.98 Å². The van der Waals surface area contributed by atoms with Gasteiger partial charge in [0.15, 0.2) is 0 Å². The third kappa shape index (κ3) is 6.60. The maximum absolute atomic E-state index is 15.1. The molecule has 5 aromatic rings. The Hall–Kier alpha value is -3.61. The molecule has 0 saturated carbocycles. The van der Waals surface area contributed by atoms with E-state index in [0.29, 0.717) is 13.1 Å². The number of likely N-dealkylation sites (tertiary alicyclic amines) is 2. The van der Waals surface area contributed by atoms with Gasteiger partial charge in [-0.2, -0.15) is 0 Å². The van der Waals surface area contributed by atoms with Gasteiger partial charge in [0.25, 0.3) is 0 Å². The molecule has 2 atom stereocenters. The fraction of sp³-hybridized carbons (Fsp3) is 0.293. The zero-order valence-corrected chi connectivity index (χ0v) is 27.7. The van der Waals surface area contributed by atoms with E-state index >= 15 is 10.2 Å². The molecule has 1 aromatic heterocycles. The summed E-state index contributed by atoms with van der Waals surface area (Å²) in [5.74, 6) is 0. The van der Waals surface area contributed by atoms with Crippen molar-refractivity contribution >= 4 is 0 Å². The molecule has 2 saturated heterocycles. The van der Waals surface area contributed by atoms with Gasteiger partial charge in [-0.3, -0.25) is 14.8 Å². The van der Waals surface area contributed by atoms with Crippen LogP contribution in [-0.4, -0.2) is 40.0 Å². The number of nitrogens with zero attached hydrogens (tertiary/aromatic N) is 3. The average molecular weight is 664 g/mol. The predicted octanol–water partition coefficient (Wildman–Crippen LogP) is 5.62.